The summed E-state index contributed by atoms with van der Waals surface area (Å²) in [7, 11) is 0. The minimum atomic E-state index is -0.415. The molecule has 5 heteroatoms. The number of hydrogen-bond donors (Lipinski definition) is 1. The molecule has 0 spiro atoms. The van der Waals surface area contributed by atoms with Gasteiger partial charge in [-0.15, -0.1) is 11.3 Å². The first kappa shape index (κ1) is 12.0. The molecule has 1 heterocycles. The van der Waals surface area contributed by atoms with Crippen molar-refractivity contribution in [2.24, 2.45) is 0 Å². The van der Waals surface area contributed by atoms with Gasteiger partial charge >= 0.3 is 6.09 Å². The Hall–Kier alpha value is -1.10. The van der Waals surface area contributed by atoms with Crippen LogP contribution in [0.4, 0.5) is 9.93 Å². The summed E-state index contributed by atoms with van der Waals surface area (Å²) in [6, 6.07) is 0. The summed E-state index contributed by atoms with van der Waals surface area (Å²) in [5, 5.41) is 4.94. The number of carbonyl (C=O) groups excluding carboxylic acids is 1. The maximum atomic E-state index is 11.2. The summed E-state index contributed by atoms with van der Waals surface area (Å²) < 4.78 is 4.98. The molecule has 0 fully saturated rings. The van der Waals surface area contributed by atoms with Gasteiger partial charge in [0.15, 0.2) is 5.13 Å². The molecule has 0 bridgehead atoms. The van der Waals surface area contributed by atoms with E-state index in [-0.39, 0.29) is 0 Å². The largest absolute Gasteiger partial charge is 0.449 e. The third-order valence-corrected chi connectivity index (χ3v) is 2.56. The lowest BCUT2D eigenvalue weighted by Gasteiger charge is -2.03. The first-order chi connectivity index (χ1) is 7.33. The number of aromatic nitrogens is 1. The van der Waals surface area contributed by atoms with E-state index in [0.29, 0.717) is 11.7 Å². The quantitative estimate of drug-likeness (QED) is 0.760. The number of nitrogens with one attached hydrogen (secondary N) is 1. The first-order valence-electron chi connectivity index (χ1n) is 5.16. The predicted molar refractivity (Wildman–Crippen MR) is 61.2 cm³/mol. The van der Waals surface area contributed by atoms with E-state index in [1.807, 2.05) is 0 Å². The zero-order valence-corrected chi connectivity index (χ0v) is 9.68. The summed E-state index contributed by atoms with van der Waals surface area (Å²) in [5.74, 6) is 0. The maximum Gasteiger partial charge on any atom is 0.413 e. The van der Waals surface area contributed by atoms with E-state index in [9.17, 15) is 4.79 Å². The Morgan fingerprint density at radius 3 is 3.07 bits per heavy atom. The monoisotopic (exact) mass is 228 g/mol. The fourth-order valence-electron chi connectivity index (χ4n) is 1.10. The van der Waals surface area contributed by atoms with Crippen molar-refractivity contribution in [1.82, 2.24) is 4.98 Å². The van der Waals surface area contributed by atoms with Crippen LogP contribution in [0.5, 0.6) is 0 Å². The number of nitrogens with zero attached hydrogens (tertiary/aromatic N) is 1. The van der Waals surface area contributed by atoms with E-state index in [1.165, 1.54) is 24.2 Å². The highest BCUT2D eigenvalue weighted by Gasteiger charge is 2.03. The molecule has 0 radical (unpaired) electrons. The van der Waals surface area contributed by atoms with Crippen LogP contribution in [-0.4, -0.2) is 17.7 Å². The van der Waals surface area contributed by atoms with Gasteiger partial charge in [0.05, 0.1) is 6.61 Å². The standard InChI is InChI=1S/C10H16N2O2S/c1-2-3-4-5-7-14-10(13)12-9-11-6-8-15-9/h6,8H,2-5,7H2,1H3,(H,11,12,13). The van der Waals surface area contributed by atoms with Crippen LogP contribution in [0.25, 0.3) is 0 Å². The molecule has 0 saturated heterocycles. The molecule has 0 aliphatic rings. The Balaban J connectivity index is 2.04. The van der Waals surface area contributed by atoms with Gasteiger partial charge in [-0.2, -0.15) is 0 Å². The molecule has 0 saturated carbocycles. The van der Waals surface area contributed by atoms with Gasteiger partial charge in [0.2, 0.25) is 0 Å². The summed E-state index contributed by atoms with van der Waals surface area (Å²) in [4.78, 5) is 15.1. The molecule has 1 N–H and O–H groups in total. The van der Waals surface area contributed by atoms with Gasteiger partial charge in [-0.05, 0) is 6.42 Å². The highest BCUT2D eigenvalue weighted by molar-refractivity contribution is 7.13. The van der Waals surface area contributed by atoms with Crippen LogP contribution in [0, 0.1) is 0 Å². The van der Waals surface area contributed by atoms with Gasteiger partial charge in [0.1, 0.15) is 0 Å². The molecular weight excluding hydrogens is 212 g/mol. The third-order valence-electron chi connectivity index (χ3n) is 1.87. The fourth-order valence-corrected chi connectivity index (χ4v) is 1.62. The third kappa shape index (κ3) is 5.37. The normalized spacial score (nSPS) is 9.93. The van der Waals surface area contributed by atoms with Crippen molar-refractivity contribution in [3.63, 3.8) is 0 Å². The lowest BCUT2D eigenvalue weighted by atomic mass is 10.2. The van der Waals surface area contributed by atoms with Gasteiger partial charge < -0.3 is 4.74 Å². The number of unbranched alkanes of at least 4 members (excludes halogenated alkanes) is 3. The maximum absolute atomic E-state index is 11.2. The van der Waals surface area contributed by atoms with Crippen LogP contribution in [0.1, 0.15) is 32.6 Å². The number of hydrogen-bond acceptors (Lipinski definition) is 4. The number of ether oxygens (including phenoxy) is 1. The van der Waals surface area contributed by atoms with Crippen molar-refractivity contribution in [2.75, 3.05) is 11.9 Å². The second-order valence-electron chi connectivity index (χ2n) is 3.16. The smallest absolute Gasteiger partial charge is 0.413 e. The van der Waals surface area contributed by atoms with Crippen molar-refractivity contribution in [3.05, 3.63) is 11.6 Å². The van der Waals surface area contributed by atoms with Gasteiger partial charge in [0, 0.05) is 11.6 Å². The first-order valence-corrected chi connectivity index (χ1v) is 6.04. The molecule has 1 rings (SSSR count). The molecule has 0 aromatic carbocycles. The summed E-state index contributed by atoms with van der Waals surface area (Å²) in [5.41, 5.74) is 0. The average molecular weight is 228 g/mol. The van der Waals surface area contributed by atoms with Crippen molar-refractivity contribution in [1.29, 1.82) is 0 Å². The number of carbonyl (C=O) groups is 1. The van der Waals surface area contributed by atoms with E-state index >= 15 is 0 Å². The minimum absolute atomic E-state index is 0.415. The second kappa shape index (κ2) is 7.23. The molecule has 0 aliphatic carbocycles. The van der Waals surface area contributed by atoms with Crippen LogP contribution < -0.4 is 5.32 Å². The van der Waals surface area contributed by atoms with Gasteiger partial charge in [-0.3, -0.25) is 5.32 Å². The highest BCUT2D eigenvalue weighted by Crippen LogP contribution is 2.10. The number of rotatable bonds is 6. The summed E-state index contributed by atoms with van der Waals surface area (Å²) in [6.07, 6.45) is 5.64. The number of anilines is 1. The average Bonchev–Trinajstić information content (AvgIpc) is 2.70. The Bertz CT molecular complexity index is 275. The van der Waals surface area contributed by atoms with Gasteiger partial charge in [-0.1, -0.05) is 26.2 Å². The second-order valence-corrected chi connectivity index (χ2v) is 4.05. The van der Waals surface area contributed by atoms with Gasteiger partial charge in [0.25, 0.3) is 0 Å². The van der Waals surface area contributed by atoms with E-state index in [0.717, 1.165) is 12.8 Å². The van der Waals surface area contributed by atoms with Crippen molar-refractivity contribution < 1.29 is 9.53 Å². The summed E-state index contributed by atoms with van der Waals surface area (Å²) >= 11 is 1.38. The van der Waals surface area contributed by atoms with E-state index in [4.69, 9.17) is 4.74 Å². The zero-order valence-electron chi connectivity index (χ0n) is 8.86. The Morgan fingerprint density at radius 2 is 2.40 bits per heavy atom. The number of amides is 1. The van der Waals surface area contributed by atoms with Crippen molar-refractivity contribution in [2.45, 2.75) is 32.6 Å². The van der Waals surface area contributed by atoms with Crippen molar-refractivity contribution >= 4 is 22.6 Å². The summed E-state index contributed by atoms with van der Waals surface area (Å²) in [6.45, 7) is 2.63. The van der Waals surface area contributed by atoms with E-state index in [2.05, 4.69) is 17.2 Å². The van der Waals surface area contributed by atoms with Crippen LogP contribution in [0.15, 0.2) is 11.6 Å². The molecule has 1 amide bonds. The lowest BCUT2D eigenvalue weighted by Crippen LogP contribution is -2.14. The van der Waals surface area contributed by atoms with Crippen LogP contribution >= 0.6 is 11.3 Å². The Morgan fingerprint density at radius 1 is 1.53 bits per heavy atom. The minimum Gasteiger partial charge on any atom is -0.449 e. The lowest BCUT2D eigenvalue weighted by molar-refractivity contribution is 0.159. The predicted octanol–water partition coefficient (Wildman–Crippen LogP) is 3.27. The van der Waals surface area contributed by atoms with Crippen LogP contribution in [0.2, 0.25) is 0 Å². The molecule has 0 aliphatic heterocycles. The van der Waals surface area contributed by atoms with Gasteiger partial charge in [-0.25, -0.2) is 9.78 Å². The SMILES string of the molecule is CCCCCCOC(=O)Nc1nccs1. The number of thiazole rings is 1. The fraction of sp³-hybridized carbons (Fsp3) is 0.600. The van der Waals surface area contributed by atoms with Crippen LogP contribution in [-0.2, 0) is 4.74 Å². The Labute approximate surface area is 93.7 Å². The topological polar surface area (TPSA) is 51.2 Å². The van der Waals surface area contributed by atoms with Crippen molar-refractivity contribution in [3.8, 4) is 0 Å². The molecular formula is C10H16N2O2S. The molecule has 0 unspecified atom stereocenters. The highest BCUT2D eigenvalue weighted by atomic mass is 32.1. The molecule has 1 aromatic heterocycles. The molecule has 1 aromatic rings. The zero-order chi connectivity index (χ0) is 10.9. The molecule has 0 atom stereocenters. The van der Waals surface area contributed by atoms with Crippen LogP contribution in [0.3, 0.4) is 0 Å². The van der Waals surface area contributed by atoms with E-state index < -0.39 is 6.09 Å². The van der Waals surface area contributed by atoms with E-state index in [1.54, 1.807) is 11.6 Å². The molecule has 4 nitrogen and oxygen atoms in total. The Kier molecular flexibility index (Phi) is 5.77. The molecule has 15 heavy (non-hydrogen) atoms. The molecule has 84 valence electrons.